The maximum atomic E-state index is 11.8. The first-order chi connectivity index (χ1) is 8.25. The lowest BCUT2D eigenvalue weighted by Crippen LogP contribution is -2.46. The number of hydrogen-bond acceptors (Lipinski definition) is 3. The van der Waals surface area contributed by atoms with Gasteiger partial charge in [-0.05, 0) is 37.9 Å². The molecule has 0 radical (unpaired) electrons. The first-order valence-electron chi connectivity index (χ1n) is 6.18. The number of aryl methyl sites for hydroxylation is 1. The predicted octanol–water partition coefficient (Wildman–Crippen LogP) is 1.99. The van der Waals surface area contributed by atoms with Gasteiger partial charge in [-0.3, -0.25) is 9.78 Å². The second-order valence-electron chi connectivity index (χ2n) is 4.53. The standard InChI is InChI=1S/C13H19N3O.2ClH/c1-10-5-6-11(8-15-10)9-16-13(17)12-4-2-3-7-14-12;;/h5-6,8,12,14H,2-4,7,9H2,1H3,(H,16,17);2*1H/t12-;;/m0../s1. The third kappa shape index (κ3) is 5.76. The van der Waals surface area contributed by atoms with Crippen LogP contribution < -0.4 is 10.6 Å². The highest BCUT2D eigenvalue weighted by Crippen LogP contribution is 2.07. The summed E-state index contributed by atoms with van der Waals surface area (Å²) in [4.78, 5) is 16.0. The van der Waals surface area contributed by atoms with Crippen LogP contribution in [0.4, 0.5) is 0 Å². The van der Waals surface area contributed by atoms with Crippen LogP contribution in [0.2, 0.25) is 0 Å². The van der Waals surface area contributed by atoms with Crippen molar-refractivity contribution in [2.45, 2.75) is 38.8 Å². The van der Waals surface area contributed by atoms with E-state index in [0.717, 1.165) is 30.6 Å². The Labute approximate surface area is 126 Å². The van der Waals surface area contributed by atoms with Crippen LogP contribution in [0.15, 0.2) is 18.3 Å². The van der Waals surface area contributed by atoms with E-state index in [0.29, 0.717) is 6.54 Å². The van der Waals surface area contributed by atoms with Crippen molar-refractivity contribution in [3.05, 3.63) is 29.6 Å². The van der Waals surface area contributed by atoms with Gasteiger partial charge >= 0.3 is 0 Å². The number of piperidine rings is 1. The van der Waals surface area contributed by atoms with Gasteiger partial charge in [0.15, 0.2) is 0 Å². The normalized spacial score (nSPS) is 17.8. The first-order valence-corrected chi connectivity index (χ1v) is 6.18. The van der Waals surface area contributed by atoms with E-state index in [1.807, 2.05) is 25.3 Å². The summed E-state index contributed by atoms with van der Waals surface area (Å²) in [6, 6.07) is 3.94. The second-order valence-corrected chi connectivity index (χ2v) is 4.53. The van der Waals surface area contributed by atoms with Gasteiger partial charge in [-0.15, -0.1) is 24.8 Å². The average molecular weight is 306 g/mol. The summed E-state index contributed by atoms with van der Waals surface area (Å²) in [6.07, 6.45) is 5.06. The molecule has 1 fully saturated rings. The van der Waals surface area contributed by atoms with E-state index in [9.17, 15) is 4.79 Å². The molecule has 0 spiro atoms. The fourth-order valence-electron chi connectivity index (χ4n) is 1.99. The zero-order valence-electron chi connectivity index (χ0n) is 11.0. The Morgan fingerprint density at radius 1 is 1.42 bits per heavy atom. The molecule has 1 atom stereocenters. The molecular weight excluding hydrogens is 285 g/mol. The van der Waals surface area contributed by atoms with Gasteiger partial charge in [0.05, 0.1) is 6.04 Å². The zero-order chi connectivity index (χ0) is 12.1. The highest BCUT2D eigenvalue weighted by atomic mass is 35.5. The van der Waals surface area contributed by atoms with Crippen molar-refractivity contribution in [3.8, 4) is 0 Å². The van der Waals surface area contributed by atoms with E-state index in [-0.39, 0.29) is 36.8 Å². The van der Waals surface area contributed by atoms with Gasteiger partial charge < -0.3 is 10.6 Å². The molecule has 0 aliphatic carbocycles. The van der Waals surface area contributed by atoms with Gasteiger partial charge in [-0.2, -0.15) is 0 Å². The van der Waals surface area contributed by atoms with Gasteiger partial charge in [0.2, 0.25) is 5.91 Å². The molecule has 1 saturated heterocycles. The molecule has 1 aromatic rings. The van der Waals surface area contributed by atoms with Crippen molar-refractivity contribution < 1.29 is 4.79 Å². The van der Waals surface area contributed by atoms with E-state index in [1.165, 1.54) is 6.42 Å². The Balaban J connectivity index is 0.00000162. The van der Waals surface area contributed by atoms with E-state index in [1.54, 1.807) is 0 Å². The minimum atomic E-state index is -0.0119. The van der Waals surface area contributed by atoms with Gasteiger partial charge in [-0.25, -0.2) is 0 Å². The highest BCUT2D eigenvalue weighted by Gasteiger charge is 2.19. The Morgan fingerprint density at radius 3 is 2.79 bits per heavy atom. The third-order valence-electron chi connectivity index (χ3n) is 3.07. The first kappa shape index (κ1) is 18.2. The quantitative estimate of drug-likeness (QED) is 0.898. The molecular formula is C13H21Cl2N3O. The van der Waals surface area contributed by atoms with Crippen molar-refractivity contribution in [2.24, 2.45) is 0 Å². The van der Waals surface area contributed by atoms with E-state index < -0.39 is 0 Å². The number of nitrogens with one attached hydrogen (secondary N) is 2. The number of pyridine rings is 1. The number of aromatic nitrogens is 1. The largest absolute Gasteiger partial charge is 0.351 e. The predicted molar refractivity (Wildman–Crippen MR) is 81.0 cm³/mol. The summed E-state index contributed by atoms with van der Waals surface area (Å²) >= 11 is 0. The smallest absolute Gasteiger partial charge is 0.237 e. The minimum Gasteiger partial charge on any atom is -0.351 e. The molecule has 1 aliphatic heterocycles. The molecule has 4 nitrogen and oxygen atoms in total. The third-order valence-corrected chi connectivity index (χ3v) is 3.07. The Hall–Kier alpha value is -0.840. The molecule has 2 heterocycles. The molecule has 1 amide bonds. The molecule has 0 unspecified atom stereocenters. The van der Waals surface area contributed by atoms with Crippen molar-refractivity contribution >= 4 is 30.7 Å². The average Bonchev–Trinajstić information content (AvgIpc) is 2.39. The van der Waals surface area contributed by atoms with Crippen LogP contribution in [0.1, 0.15) is 30.5 Å². The topological polar surface area (TPSA) is 54.0 Å². The maximum absolute atomic E-state index is 11.8. The monoisotopic (exact) mass is 305 g/mol. The summed E-state index contributed by atoms with van der Waals surface area (Å²) in [7, 11) is 0. The SMILES string of the molecule is Cc1ccc(CNC(=O)[C@@H]2CCCCN2)cn1.Cl.Cl. The van der Waals surface area contributed by atoms with Gasteiger partial charge in [0.25, 0.3) is 0 Å². The van der Waals surface area contributed by atoms with E-state index >= 15 is 0 Å². The van der Waals surface area contributed by atoms with Crippen LogP contribution in [0.5, 0.6) is 0 Å². The lowest BCUT2D eigenvalue weighted by atomic mass is 10.0. The maximum Gasteiger partial charge on any atom is 0.237 e. The fourth-order valence-corrected chi connectivity index (χ4v) is 1.99. The lowest BCUT2D eigenvalue weighted by molar-refractivity contribution is -0.123. The molecule has 0 aromatic carbocycles. The molecule has 2 rings (SSSR count). The zero-order valence-corrected chi connectivity index (χ0v) is 12.6. The molecule has 6 heteroatoms. The molecule has 0 bridgehead atoms. The summed E-state index contributed by atoms with van der Waals surface area (Å²) in [5.74, 6) is 0.102. The van der Waals surface area contributed by atoms with Gasteiger partial charge in [-0.1, -0.05) is 12.5 Å². The lowest BCUT2D eigenvalue weighted by Gasteiger charge is -2.22. The number of hydrogen-bond donors (Lipinski definition) is 2. The second kappa shape index (κ2) is 9.13. The van der Waals surface area contributed by atoms with Crippen LogP contribution in [0, 0.1) is 6.92 Å². The van der Waals surface area contributed by atoms with Crippen molar-refractivity contribution in [1.82, 2.24) is 15.6 Å². The number of amides is 1. The van der Waals surface area contributed by atoms with Crippen LogP contribution >= 0.6 is 24.8 Å². The van der Waals surface area contributed by atoms with Crippen molar-refractivity contribution in [3.63, 3.8) is 0 Å². The molecule has 1 aliphatic rings. The molecule has 2 N–H and O–H groups in total. The molecule has 1 aromatic heterocycles. The fraction of sp³-hybridized carbons (Fsp3) is 0.538. The van der Waals surface area contributed by atoms with Crippen molar-refractivity contribution in [2.75, 3.05) is 6.54 Å². The van der Waals surface area contributed by atoms with Crippen molar-refractivity contribution in [1.29, 1.82) is 0 Å². The summed E-state index contributed by atoms with van der Waals surface area (Å²) in [5.41, 5.74) is 2.04. The number of nitrogens with zero attached hydrogens (tertiary/aromatic N) is 1. The molecule has 19 heavy (non-hydrogen) atoms. The van der Waals surface area contributed by atoms with Crippen LogP contribution in [-0.4, -0.2) is 23.5 Å². The highest BCUT2D eigenvalue weighted by molar-refractivity contribution is 5.85. The summed E-state index contributed by atoms with van der Waals surface area (Å²) < 4.78 is 0. The summed E-state index contributed by atoms with van der Waals surface area (Å²) in [5, 5.41) is 6.18. The Morgan fingerprint density at radius 2 is 2.21 bits per heavy atom. The Bertz CT molecular complexity index is 378. The number of rotatable bonds is 3. The van der Waals surface area contributed by atoms with Gasteiger partial charge in [0, 0.05) is 18.4 Å². The Kier molecular flexibility index (Phi) is 8.72. The number of carbonyl (C=O) groups is 1. The molecule has 0 saturated carbocycles. The van der Waals surface area contributed by atoms with E-state index in [2.05, 4.69) is 15.6 Å². The van der Waals surface area contributed by atoms with Crippen LogP contribution in [0.25, 0.3) is 0 Å². The van der Waals surface area contributed by atoms with E-state index in [4.69, 9.17) is 0 Å². The van der Waals surface area contributed by atoms with Gasteiger partial charge in [0.1, 0.15) is 0 Å². The number of halogens is 2. The summed E-state index contributed by atoms with van der Waals surface area (Å²) in [6.45, 7) is 3.46. The number of carbonyl (C=O) groups excluding carboxylic acids is 1. The van der Waals surface area contributed by atoms with Crippen LogP contribution in [0.3, 0.4) is 0 Å². The van der Waals surface area contributed by atoms with Crippen LogP contribution in [-0.2, 0) is 11.3 Å². The minimum absolute atomic E-state index is 0. The molecule has 108 valence electrons.